The SMILES string of the molecule is CC1CCCO1.CN(C)C=O. The fourth-order valence-corrected chi connectivity index (χ4v) is 0.739. The molecule has 66 valence electrons. The summed E-state index contributed by atoms with van der Waals surface area (Å²) in [6.45, 7) is 3.11. The van der Waals surface area contributed by atoms with Crippen molar-refractivity contribution in [2.75, 3.05) is 20.7 Å². The van der Waals surface area contributed by atoms with Crippen LogP contribution in [-0.2, 0) is 9.53 Å². The van der Waals surface area contributed by atoms with Gasteiger partial charge in [-0.2, -0.15) is 0 Å². The molecule has 3 heteroatoms. The van der Waals surface area contributed by atoms with Crippen LogP contribution in [0.1, 0.15) is 19.8 Å². The van der Waals surface area contributed by atoms with Crippen LogP contribution in [0.5, 0.6) is 0 Å². The van der Waals surface area contributed by atoms with E-state index in [1.165, 1.54) is 17.7 Å². The van der Waals surface area contributed by atoms with Gasteiger partial charge in [-0.3, -0.25) is 4.79 Å². The highest BCUT2D eigenvalue weighted by atomic mass is 16.5. The van der Waals surface area contributed by atoms with Gasteiger partial charge in [0.05, 0.1) is 6.10 Å². The summed E-state index contributed by atoms with van der Waals surface area (Å²) in [6, 6.07) is 0. The Morgan fingerprint density at radius 2 is 2.09 bits per heavy atom. The third-order valence-electron chi connectivity index (χ3n) is 1.37. The summed E-state index contributed by atoms with van der Waals surface area (Å²) >= 11 is 0. The molecule has 0 radical (unpaired) electrons. The van der Waals surface area contributed by atoms with Crippen LogP contribution in [-0.4, -0.2) is 38.1 Å². The lowest BCUT2D eigenvalue weighted by atomic mass is 10.3. The van der Waals surface area contributed by atoms with E-state index in [1.54, 1.807) is 14.1 Å². The fourth-order valence-electron chi connectivity index (χ4n) is 0.739. The van der Waals surface area contributed by atoms with Gasteiger partial charge in [-0.25, -0.2) is 0 Å². The molecule has 1 rings (SSSR count). The summed E-state index contributed by atoms with van der Waals surface area (Å²) in [5.41, 5.74) is 0. The maximum atomic E-state index is 9.43. The van der Waals surface area contributed by atoms with E-state index in [0.717, 1.165) is 13.0 Å². The summed E-state index contributed by atoms with van der Waals surface area (Å²) in [5.74, 6) is 0. The molecular weight excluding hydrogens is 142 g/mol. The Kier molecular flexibility index (Phi) is 5.84. The number of hydrogen-bond acceptors (Lipinski definition) is 2. The second kappa shape index (κ2) is 6.16. The van der Waals surface area contributed by atoms with Crippen molar-refractivity contribution in [2.45, 2.75) is 25.9 Å². The lowest BCUT2D eigenvalue weighted by molar-refractivity contribution is -0.115. The zero-order chi connectivity index (χ0) is 8.69. The second-order valence-electron chi connectivity index (χ2n) is 2.89. The van der Waals surface area contributed by atoms with Crippen LogP contribution in [0.15, 0.2) is 0 Å². The number of hydrogen-bond donors (Lipinski definition) is 0. The van der Waals surface area contributed by atoms with Crippen molar-refractivity contribution >= 4 is 6.41 Å². The maximum absolute atomic E-state index is 9.43. The molecule has 1 saturated heterocycles. The number of nitrogens with zero attached hydrogens (tertiary/aromatic N) is 1. The molecule has 0 spiro atoms. The van der Waals surface area contributed by atoms with E-state index in [2.05, 4.69) is 6.92 Å². The summed E-state index contributed by atoms with van der Waals surface area (Å²) in [7, 11) is 3.38. The van der Waals surface area contributed by atoms with Crippen molar-refractivity contribution in [1.82, 2.24) is 4.90 Å². The monoisotopic (exact) mass is 159 g/mol. The lowest BCUT2D eigenvalue weighted by Gasteiger charge is -1.94. The van der Waals surface area contributed by atoms with Crippen LogP contribution < -0.4 is 0 Å². The number of amides is 1. The van der Waals surface area contributed by atoms with Crippen LogP contribution in [0.2, 0.25) is 0 Å². The Balaban J connectivity index is 0.000000187. The van der Waals surface area contributed by atoms with Gasteiger partial charge in [-0.05, 0) is 19.8 Å². The van der Waals surface area contributed by atoms with Crippen molar-refractivity contribution in [3.8, 4) is 0 Å². The van der Waals surface area contributed by atoms with Gasteiger partial charge in [0, 0.05) is 20.7 Å². The minimum absolute atomic E-state index is 0.546. The van der Waals surface area contributed by atoms with E-state index < -0.39 is 0 Å². The largest absolute Gasteiger partial charge is 0.379 e. The smallest absolute Gasteiger partial charge is 0.209 e. The highest BCUT2D eigenvalue weighted by molar-refractivity contribution is 5.45. The van der Waals surface area contributed by atoms with Gasteiger partial charge in [0.2, 0.25) is 6.41 Å². The zero-order valence-electron chi connectivity index (χ0n) is 7.54. The van der Waals surface area contributed by atoms with E-state index in [-0.39, 0.29) is 0 Å². The van der Waals surface area contributed by atoms with Crippen LogP contribution in [0.4, 0.5) is 0 Å². The van der Waals surface area contributed by atoms with Gasteiger partial charge >= 0.3 is 0 Å². The van der Waals surface area contributed by atoms with Gasteiger partial charge in [-0.15, -0.1) is 0 Å². The third kappa shape index (κ3) is 7.33. The molecule has 1 aliphatic heterocycles. The number of carbonyl (C=O) groups is 1. The topological polar surface area (TPSA) is 29.5 Å². The summed E-state index contributed by atoms with van der Waals surface area (Å²) in [5, 5.41) is 0. The van der Waals surface area contributed by atoms with Crippen molar-refractivity contribution < 1.29 is 9.53 Å². The highest BCUT2D eigenvalue weighted by Crippen LogP contribution is 2.09. The molecule has 0 bridgehead atoms. The first-order valence-corrected chi connectivity index (χ1v) is 3.90. The van der Waals surface area contributed by atoms with Gasteiger partial charge < -0.3 is 9.64 Å². The highest BCUT2D eigenvalue weighted by Gasteiger charge is 2.07. The molecule has 0 aromatic rings. The number of ether oxygens (including phenoxy) is 1. The molecule has 1 unspecified atom stereocenters. The van der Waals surface area contributed by atoms with Crippen molar-refractivity contribution in [3.63, 3.8) is 0 Å². The summed E-state index contributed by atoms with van der Waals surface area (Å²) < 4.78 is 5.15. The molecule has 3 nitrogen and oxygen atoms in total. The van der Waals surface area contributed by atoms with E-state index in [1.807, 2.05) is 0 Å². The van der Waals surface area contributed by atoms with Crippen molar-refractivity contribution in [1.29, 1.82) is 0 Å². The molecule has 0 aromatic heterocycles. The zero-order valence-corrected chi connectivity index (χ0v) is 7.54. The standard InChI is InChI=1S/C5H10O.C3H7NO/c1-5-3-2-4-6-5;1-4(2)3-5/h5H,2-4H2,1H3;3H,1-2H3. The Bertz CT molecular complexity index is 98.3. The molecule has 0 aromatic carbocycles. The first-order chi connectivity index (χ1) is 5.16. The molecule has 0 saturated carbocycles. The average molecular weight is 159 g/mol. The van der Waals surface area contributed by atoms with Crippen LogP contribution in [0.3, 0.4) is 0 Å². The van der Waals surface area contributed by atoms with Crippen LogP contribution in [0.25, 0.3) is 0 Å². The molecular formula is C8H17NO2. The van der Waals surface area contributed by atoms with E-state index >= 15 is 0 Å². The Hall–Kier alpha value is -0.570. The molecule has 1 amide bonds. The molecule has 1 fully saturated rings. The first kappa shape index (κ1) is 10.4. The Labute approximate surface area is 68.3 Å². The predicted molar refractivity (Wildman–Crippen MR) is 44.4 cm³/mol. The van der Waals surface area contributed by atoms with E-state index in [9.17, 15) is 4.79 Å². The first-order valence-electron chi connectivity index (χ1n) is 3.90. The number of carbonyl (C=O) groups excluding carboxylic acids is 1. The molecule has 1 atom stereocenters. The predicted octanol–water partition coefficient (Wildman–Crippen LogP) is 0.890. The Morgan fingerprint density at radius 1 is 1.55 bits per heavy atom. The summed E-state index contributed by atoms with van der Waals surface area (Å²) in [4.78, 5) is 10.9. The van der Waals surface area contributed by atoms with Crippen molar-refractivity contribution in [3.05, 3.63) is 0 Å². The van der Waals surface area contributed by atoms with E-state index in [0.29, 0.717) is 6.10 Å². The minimum Gasteiger partial charge on any atom is -0.379 e. The molecule has 1 aliphatic rings. The molecule has 1 heterocycles. The quantitative estimate of drug-likeness (QED) is 0.532. The van der Waals surface area contributed by atoms with Crippen LogP contribution in [0, 0.1) is 0 Å². The average Bonchev–Trinajstić information content (AvgIpc) is 2.41. The van der Waals surface area contributed by atoms with Gasteiger partial charge in [-0.1, -0.05) is 0 Å². The minimum atomic E-state index is 0.546. The van der Waals surface area contributed by atoms with Gasteiger partial charge in [0.15, 0.2) is 0 Å². The molecule has 11 heavy (non-hydrogen) atoms. The fraction of sp³-hybridized carbons (Fsp3) is 0.875. The van der Waals surface area contributed by atoms with Gasteiger partial charge in [0.25, 0.3) is 0 Å². The van der Waals surface area contributed by atoms with Crippen molar-refractivity contribution in [2.24, 2.45) is 0 Å². The van der Waals surface area contributed by atoms with E-state index in [4.69, 9.17) is 4.74 Å². The third-order valence-corrected chi connectivity index (χ3v) is 1.37. The Morgan fingerprint density at radius 3 is 2.18 bits per heavy atom. The molecule has 0 N–H and O–H groups in total. The van der Waals surface area contributed by atoms with Crippen LogP contribution >= 0.6 is 0 Å². The second-order valence-corrected chi connectivity index (χ2v) is 2.89. The van der Waals surface area contributed by atoms with Gasteiger partial charge in [0.1, 0.15) is 0 Å². The normalized spacial score (nSPS) is 21.9. The maximum Gasteiger partial charge on any atom is 0.209 e. The molecule has 0 aliphatic carbocycles. The number of rotatable bonds is 1. The lowest BCUT2D eigenvalue weighted by Crippen LogP contribution is -2.06. The summed E-state index contributed by atoms with van der Waals surface area (Å²) in [6.07, 6.45) is 3.83.